The van der Waals surface area contributed by atoms with Gasteiger partial charge in [0.2, 0.25) is 5.91 Å². The van der Waals surface area contributed by atoms with Crippen molar-refractivity contribution in [3.8, 4) is 5.75 Å². The van der Waals surface area contributed by atoms with Crippen molar-refractivity contribution < 1.29 is 13.9 Å². The molecule has 0 bridgehead atoms. The third-order valence-corrected chi connectivity index (χ3v) is 6.98. The monoisotopic (exact) mass is 425 g/mol. The molecular weight excluding hydrogens is 393 g/mol. The molecule has 6 heteroatoms. The molecule has 2 N–H and O–H groups in total. The second kappa shape index (κ2) is 9.37. The summed E-state index contributed by atoms with van der Waals surface area (Å²) in [5.74, 6) is 0.892. The van der Waals surface area contributed by atoms with Crippen LogP contribution >= 0.6 is 0 Å². The van der Waals surface area contributed by atoms with Crippen LogP contribution in [0.1, 0.15) is 42.9 Å². The van der Waals surface area contributed by atoms with E-state index in [0.717, 1.165) is 68.7 Å². The Balaban J connectivity index is 1.27. The standard InChI is InChI=1S/C25H32FN3O2/c1-31-22-7-5-19(6-8-22)18-29-16-12-25(24(29)30)10-14-28(15-11-25)13-9-23(27)20-3-2-4-21(26)17-20/h2-8,17,23H,9-16,18,27H2,1H3/t23-/m0/s1. The molecule has 2 aromatic carbocycles. The smallest absolute Gasteiger partial charge is 0.229 e. The van der Waals surface area contributed by atoms with Crippen molar-refractivity contribution in [1.29, 1.82) is 0 Å². The quantitative estimate of drug-likeness (QED) is 0.734. The number of nitrogens with zero attached hydrogens (tertiary/aromatic N) is 2. The third-order valence-electron chi connectivity index (χ3n) is 6.98. The number of amides is 1. The van der Waals surface area contributed by atoms with E-state index in [4.69, 9.17) is 10.5 Å². The molecule has 2 aliphatic heterocycles. The van der Waals surface area contributed by atoms with Crippen molar-refractivity contribution in [2.75, 3.05) is 33.3 Å². The summed E-state index contributed by atoms with van der Waals surface area (Å²) in [6, 6.07) is 14.3. The lowest BCUT2D eigenvalue weighted by atomic mass is 9.77. The molecule has 0 radical (unpaired) electrons. The summed E-state index contributed by atoms with van der Waals surface area (Å²) in [5, 5.41) is 0. The van der Waals surface area contributed by atoms with E-state index < -0.39 is 0 Å². The van der Waals surface area contributed by atoms with Crippen molar-refractivity contribution in [2.45, 2.75) is 38.3 Å². The Kier molecular flexibility index (Phi) is 6.58. The van der Waals surface area contributed by atoms with E-state index in [-0.39, 0.29) is 17.3 Å². The second-order valence-electron chi connectivity index (χ2n) is 8.90. The molecule has 0 aromatic heterocycles. The third kappa shape index (κ3) is 4.91. The predicted octanol–water partition coefficient (Wildman–Crippen LogP) is 3.74. The normalized spacial score (nSPS) is 19.7. The molecule has 2 aromatic rings. The molecule has 1 spiro atoms. The number of rotatable bonds is 7. The fourth-order valence-corrected chi connectivity index (χ4v) is 4.89. The summed E-state index contributed by atoms with van der Waals surface area (Å²) in [6.45, 7) is 4.19. The summed E-state index contributed by atoms with van der Waals surface area (Å²) in [4.78, 5) is 17.6. The van der Waals surface area contributed by atoms with E-state index in [2.05, 4.69) is 4.90 Å². The number of halogens is 1. The molecule has 1 amide bonds. The summed E-state index contributed by atoms with van der Waals surface area (Å²) in [7, 11) is 1.66. The van der Waals surface area contributed by atoms with Crippen LogP contribution in [0.5, 0.6) is 5.75 Å². The maximum atomic E-state index is 13.4. The first kappa shape index (κ1) is 21.8. The predicted molar refractivity (Wildman–Crippen MR) is 119 cm³/mol. The summed E-state index contributed by atoms with van der Waals surface area (Å²) in [6.07, 6.45) is 3.53. The highest BCUT2D eigenvalue weighted by Crippen LogP contribution is 2.42. The van der Waals surface area contributed by atoms with Crippen molar-refractivity contribution >= 4 is 5.91 Å². The zero-order valence-electron chi connectivity index (χ0n) is 18.2. The SMILES string of the molecule is COc1ccc(CN2CCC3(CCN(CC[C@H](N)c4cccc(F)c4)CC3)C2=O)cc1. The van der Waals surface area contributed by atoms with Gasteiger partial charge in [-0.1, -0.05) is 24.3 Å². The molecule has 1 atom stereocenters. The first-order valence-electron chi connectivity index (χ1n) is 11.1. The van der Waals surface area contributed by atoms with Gasteiger partial charge >= 0.3 is 0 Å². The van der Waals surface area contributed by atoms with Gasteiger partial charge < -0.3 is 20.3 Å². The molecule has 2 fully saturated rings. The zero-order chi connectivity index (χ0) is 21.8. The van der Waals surface area contributed by atoms with E-state index in [1.165, 1.54) is 12.1 Å². The van der Waals surface area contributed by atoms with Crippen molar-refractivity contribution in [3.05, 3.63) is 65.5 Å². The summed E-state index contributed by atoms with van der Waals surface area (Å²) >= 11 is 0. The van der Waals surface area contributed by atoms with Gasteiger partial charge in [-0.15, -0.1) is 0 Å². The minimum absolute atomic E-state index is 0.167. The van der Waals surface area contributed by atoms with Crippen LogP contribution in [0.25, 0.3) is 0 Å². The fraction of sp³-hybridized carbons (Fsp3) is 0.480. The van der Waals surface area contributed by atoms with E-state index in [0.29, 0.717) is 12.5 Å². The second-order valence-corrected chi connectivity index (χ2v) is 8.90. The lowest BCUT2D eigenvalue weighted by Crippen LogP contribution is -2.45. The highest BCUT2D eigenvalue weighted by Gasteiger charge is 2.47. The van der Waals surface area contributed by atoms with Gasteiger partial charge in [0.25, 0.3) is 0 Å². The molecular formula is C25H32FN3O2. The van der Waals surface area contributed by atoms with E-state index >= 15 is 0 Å². The molecule has 2 saturated heterocycles. The Labute approximate surface area is 184 Å². The topological polar surface area (TPSA) is 58.8 Å². The van der Waals surface area contributed by atoms with Gasteiger partial charge in [0, 0.05) is 19.1 Å². The van der Waals surface area contributed by atoms with Crippen LogP contribution in [0.4, 0.5) is 4.39 Å². The molecule has 2 heterocycles. The minimum atomic E-state index is -0.244. The highest BCUT2D eigenvalue weighted by molar-refractivity contribution is 5.85. The number of carbonyl (C=O) groups is 1. The summed E-state index contributed by atoms with van der Waals surface area (Å²) < 4.78 is 18.6. The van der Waals surface area contributed by atoms with Crippen LogP contribution in [0, 0.1) is 11.2 Å². The van der Waals surface area contributed by atoms with Gasteiger partial charge in [-0.05, 0) is 80.7 Å². The summed E-state index contributed by atoms with van der Waals surface area (Å²) in [5.41, 5.74) is 8.04. The van der Waals surface area contributed by atoms with Crippen molar-refractivity contribution in [2.24, 2.45) is 11.1 Å². The molecule has 5 nitrogen and oxygen atoms in total. The van der Waals surface area contributed by atoms with Crippen molar-refractivity contribution in [1.82, 2.24) is 9.80 Å². The Hall–Kier alpha value is -2.44. The largest absolute Gasteiger partial charge is 0.497 e. The molecule has 31 heavy (non-hydrogen) atoms. The number of piperidine rings is 1. The van der Waals surface area contributed by atoms with Gasteiger partial charge in [0.1, 0.15) is 11.6 Å². The van der Waals surface area contributed by atoms with Crippen LogP contribution in [0.15, 0.2) is 48.5 Å². The number of benzene rings is 2. The molecule has 166 valence electrons. The molecule has 0 unspecified atom stereocenters. The van der Waals surface area contributed by atoms with Crippen molar-refractivity contribution in [3.63, 3.8) is 0 Å². The molecule has 0 aliphatic carbocycles. The van der Waals surface area contributed by atoms with Gasteiger partial charge in [-0.25, -0.2) is 4.39 Å². The van der Waals surface area contributed by atoms with Gasteiger partial charge in [0.05, 0.1) is 12.5 Å². The molecule has 4 rings (SSSR count). The lowest BCUT2D eigenvalue weighted by Gasteiger charge is -2.38. The maximum absolute atomic E-state index is 13.4. The van der Waals surface area contributed by atoms with Crippen LogP contribution < -0.4 is 10.5 Å². The number of nitrogens with two attached hydrogens (primary N) is 1. The van der Waals surface area contributed by atoms with E-state index in [1.807, 2.05) is 35.2 Å². The lowest BCUT2D eigenvalue weighted by molar-refractivity contribution is -0.138. The van der Waals surface area contributed by atoms with Crippen LogP contribution in [0.2, 0.25) is 0 Å². The van der Waals surface area contributed by atoms with Gasteiger partial charge in [-0.2, -0.15) is 0 Å². The first-order chi connectivity index (χ1) is 15.0. The van der Waals surface area contributed by atoms with Crippen LogP contribution in [-0.4, -0.2) is 49.0 Å². The maximum Gasteiger partial charge on any atom is 0.229 e. The zero-order valence-corrected chi connectivity index (χ0v) is 18.2. The first-order valence-corrected chi connectivity index (χ1v) is 11.1. The Morgan fingerprint density at radius 2 is 1.81 bits per heavy atom. The van der Waals surface area contributed by atoms with Gasteiger partial charge in [-0.3, -0.25) is 4.79 Å². The highest BCUT2D eigenvalue weighted by atomic mass is 19.1. The Bertz CT molecular complexity index is 894. The average Bonchev–Trinajstić information content (AvgIpc) is 3.09. The Morgan fingerprint density at radius 3 is 2.48 bits per heavy atom. The minimum Gasteiger partial charge on any atom is -0.497 e. The van der Waals surface area contributed by atoms with Crippen LogP contribution in [0.3, 0.4) is 0 Å². The van der Waals surface area contributed by atoms with E-state index in [1.54, 1.807) is 13.2 Å². The average molecular weight is 426 g/mol. The number of ether oxygens (including phenoxy) is 1. The van der Waals surface area contributed by atoms with Crippen LogP contribution in [-0.2, 0) is 11.3 Å². The number of hydrogen-bond donors (Lipinski definition) is 1. The number of methoxy groups -OCH3 is 1. The molecule has 2 aliphatic rings. The van der Waals surface area contributed by atoms with E-state index in [9.17, 15) is 9.18 Å². The Morgan fingerprint density at radius 1 is 1.10 bits per heavy atom. The van der Waals surface area contributed by atoms with Gasteiger partial charge in [0.15, 0.2) is 0 Å². The molecule has 0 saturated carbocycles. The number of likely N-dealkylation sites (tertiary alicyclic amines) is 2. The number of carbonyl (C=O) groups excluding carboxylic acids is 1. The number of hydrogen-bond acceptors (Lipinski definition) is 4. The fourth-order valence-electron chi connectivity index (χ4n) is 4.89.